The van der Waals surface area contributed by atoms with Crippen molar-refractivity contribution in [2.45, 2.75) is 0 Å². The fourth-order valence-electron chi connectivity index (χ4n) is 1.14. The van der Waals surface area contributed by atoms with Crippen molar-refractivity contribution in [3.05, 3.63) is 30.6 Å². The largest absolute Gasteiger partial charge is 0.354 e. The van der Waals surface area contributed by atoms with Crippen LogP contribution in [0, 0.1) is 0 Å². The standard InChI is InChI=1S/C8H8N4O/c1-9-8(13)7-6-2-3-10-4-12(6)5-11-7/h2-5H,1H3,(H,9,13). The Morgan fingerprint density at radius 1 is 1.54 bits per heavy atom. The second-order valence-corrected chi connectivity index (χ2v) is 2.55. The van der Waals surface area contributed by atoms with Gasteiger partial charge in [-0.1, -0.05) is 0 Å². The van der Waals surface area contributed by atoms with Gasteiger partial charge in [0.2, 0.25) is 0 Å². The van der Waals surface area contributed by atoms with Gasteiger partial charge in [-0.05, 0) is 6.07 Å². The summed E-state index contributed by atoms with van der Waals surface area (Å²) in [6.07, 6.45) is 4.80. The third kappa shape index (κ3) is 1.14. The number of imidazole rings is 1. The van der Waals surface area contributed by atoms with Crippen LogP contribution in [-0.4, -0.2) is 27.3 Å². The molecule has 5 nitrogen and oxygen atoms in total. The number of carbonyl (C=O) groups excluding carboxylic acids is 1. The molecule has 0 radical (unpaired) electrons. The van der Waals surface area contributed by atoms with Gasteiger partial charge >= 0.3 is 0 Å². The minimum Gasteiger partial charge on any atom is -0.354 e. The normalized spacial score (nSPS) is 10.2. The summed E-state index contributed by atoms with van der Waals surface area (Å²) in [7, 11) is 1.58. The molecular formula is C8H8N4O. The van der Waals surface area contributed by atoms with Gasteiger partial charge in [-0.3, -0.25) is 9.20 Å². The molecule has 66 valence electrons. The van der Waals surface area contributed by atoms with Crippen molar-refractivity contribution in [3.8, 4) is 0 Å². The molecule has 0 fully saturated rings. The van der Waals surface area contributed by atoms with E-state index in [0.717, 1.165) is 5.52 Å². The molecule has 0 atom stereocenters. The molecule has 0 bridgehead atoms. The number of rotatable bonds is 1. The molecule has 1 N–H and O–H groups in total. The number of amides is 1. The average molecular weight is 176 g/mol. The van der Waals surface area contributed by atoms with Gasteiger partial charge in [0.15, 0.2) is 5.69 Å². The van der Waals surface area contributed by atoms with Gasteiger partial charge in [0, 0.05) is 13.2 Å². The number of fused-ring (bicyclic) bond motifs is 1. The Kier molecular flexibility index (Phi) is 1.70. The third-order valence-electron chi connectivity index (χ3n) is 1.78. The molecule has 0 saturated heterocycles. The van der Waals surface area contributed by atoms with E-state index in [9.17, 15) is 4.79 Å². The third-order valence-corrected chi connectivity index (χ3v) is 1.78. The molecule has 2 aromatic heterocycles. The molecule has 2 aromatic rings. The lowest BCUT2D eigenvalue weighted by atomic mass is 10.3. The highest BCUT2D eigenvalue weighted by atomic mass is 16.1. The summed E-state index contributed by atoms with van der Waals surface area (Å²) in [4.78, 5) is 19.2. The second-order valence-electron chi connectivity index (χ2n) is 2.55. The maximum atomic E-state index is 11.3. The van der Waals surface area contributed by atoms with E-state index < -0.39 is 0 Å². The molecule has 2 heterocycles. The first kappa shape index (κ1) is 7.72. The van der Waals surface area contributed by atoms with E-state index in [0.29, 0.717) is 5.69 Å². The van der Waals surface area contributed by atoms with Crippen molar-refractivity contribution in [3.63, 3.8) is 0 Å². The monoisotopic (exact) mass is 176 g/mol. The highest BCUT2D eigenvalue weighted by molar-refractivity contribution is 5.98. The number of hydrogen-bond donors (Lipinski definition) is 1. The van der Waals surface area contributed by atoms with Gasteiger partial charge in [0.1, 0.15) is 12.7 Å². The zero-order chi connectivity index (χ0) is 9.26. The maximum absolute atomic E-state index is 11.3. The maximum Gasteiger partial charge on any atom is 0.271 e. The predicted molar refractivity (Wildman–Crippen MR) is 46.4 cm³/mol. The van der Waals surface area contributed by atoms with Crippen LogP contribution in [0.3, 0.4) is 0 Å². The van der Waals surface area contributed by atoms with E-state index in [4.69, 9.17) is 0 Å². The first-order valence-electron chi connectivity index (χ1n) is 3.81. The Balaban J connectivity index is 2.64. The Labute approximate surface area is 74.4 Å². The summed E-state index contributed by atoms with van der Waals surface area (Å²) >= 11 is 0. The van der Waals surface area contributed by atoms with Crippen LogP contribution in [0.1, 0.15) is 10.5 Å². The van der Waals surface area contributed by atoms with Crippen LogP contribution in [0.4, 0.5) is 0 Å². The van der Waals surface area contributed by atoms with Gasteiger partial charge in [-0.15, -0.1) is 0 Å². The van der Waals surface area contributed by atoms with Crippen molar-refractivity contribution in [2.24, 2.45) is 0 Å². The van der Waals surface area contributed by atoms with Gasteiger partial charge in [0.05, 0.1) is 5.52 Å². The molecule has 0 saturated carbocycles. The molecular weight excluding hydrogens is 168 g/mol. The van der Waals surface area contributed by atoms with Crippen LogP contribution in [0.25, 0.3) is 5.52 Å². The Hall–Kier alpha value is -1.91. The van der Waals surface area contributed by atoms with Crippen molar-refractivity contribution < 1.29 is 4.79 Å². The molecule has 0 aliphatic rings. The number of hydrogen-bond acceptors (Lipinski definition) is 3. The van der Waals surface area contributed by atoms with Crippen molar-refractivity contribution >= 4 is 11.4 Å². The molecule has 0 aliphatic heterocycles. The van der Waals surface area contributed by atoms with E-state index in [2.05, 4.69) is 15.3 Å². The van der Waals surface area contributed by atoms with E-state index in [-0.39, 0.29) is 5.91 Å². The van der Waals surface area contributed by atoms with Crippen LogP contribution < -0.4 is 5.32 Å². The summed E-state index contributed by atoms with van der Waals surface area (Å²) in [5.41, 5.74) is 1.18. The molecule has 1 amide bonds. The summed E-state index contributed by atoms with van der Waals surface area (Å²) in [6.45, 7) is 0. The minimum atomic E-state index is -0.186. The molecule has 13 heavy (non-hydrogen) atoms. The lowest BCUT2D eigenvalue weighted by Crippen LogP contribution is -2.18. The number of carbonyl (C=O) groups is 1. The Morgan fingerprint density at radius 3 is 3.15 bits per heavy atom. The molecule has 5 heteroatoms. The first-order chi connectivity index (χ1) is 6.33. The van der Waals surface area contributed by atoms with Crippen LogP contribution in [-0.2, 0) is 0 Å². The lowest BCUT2D eigenvalue weighted by molar-refractivity contribution is 0.0960. The molecule has 0 unspecified atom stereocenters. The highest BCUT2D eigenvalue weighted by Crippen LogP contribution is 2.06. The zero-order valence-electron chi connectivity index (χ0n) is 7.06. The summed E-state index contributed by atoms with van der Waals surface area (Å²) in [5, 5.41) is 2.52. The van der Waals surface area contributed by atoms with Crippen molar-refractivity contribution in [1.29, 1.82) is 0 Å². The Morgan fingerprint density at radius 2 is 2.38 bits per heavy atom. The van der Waals surface area contributed by atoms with Crippen molar-refractivity contribution in [2.75, 3.05) is 7.05 Å². The van der Waals surface area contributed by atoms with E-state index in [1.165, 1.54) is 0 Å². The summed E-state index contributed by atoms with van der Waals surface area (Å²) in [5.74, 6) is -0.186. The van der Waals surface area contributed by atoms with Crippen LogP contribution in [0.2, 0.25) is 0 Å². The molecule has 0 spiro atoms. The zero-order valence-corrected chi connectivity index (χ0v) is 7.06. The van der Waals surface area contributed by atoms with E-state index in [1.807, 2.05) is 0 Å². The molecule has 2 rings (SSSR count). The SMILES string of the molecule is CNC(=O)c1ncn2cnccc12. The van der Waals surface area contributed by atoms with E-state index in [1.54, 1.807) is 36.4 Å². The average Bonchev–Trinajstić information content (AvgIpc) is 2.60. The van der Waals surface area contributed by atoms with Crippen molar-refractivity contribution in [1.82, 2.24) is 19.7 Å². The summed E-state index contributed by atoms with van der Waals surface area (Å²) in [6, 6.07) is 1.75. The second kappa shape index (κ2) is 2.85. The number of aromatic nitrogens is 3. The van der Waals surface area contributed by atoms with Crippen LogP contribution in [0.15, 0.2) is 24.9 Å². The number of nitrogens with zero attached hydrogens (tertiary/aromatic N) is 3. The lowest BCUT2D eigenvalue weighted by Gasteiger charge is -1.95. The Bertz CT molecular complexity index is 448. The smallest absolute Gasteiger partial charge is 0.271 e. The quantitative estimate of drug-likeness (QED) is 0.669. The van der Waals surface area contributed by atoms with Gasteiger partial charge in [-0.2, -0.15) is 0 Å². The first-order valence-corrected chi connectivity index (χ1v) is 3.81. The topological polar surface area (TPSA) is 59.3 Å². The predicted octanol–water partition coefficient (Wildman–Crippen LogP) is 0.0889. The number of nitrogens with one attached hydrogen (secondary N) is 1. The fraction of sp³-hybridized carbons (Fsp3) is 0.125. The molecule has 0 aliphatic carbocycles. The fourth-order valence-corrected chi connectivity index (χ4v) is 1.14. The minimum absolute atomic E-state index is 0.186. The van der Waals surface area contributed by atoms with Crippen LogP contribution in [0.5, 0.6) is 0 Å². The van der Waals surface area contributed by atoms with Gasteiger partial charge < -0.3 is 5.32 Å². The van der Waals surface area contributed by atoms with E-state index >= 15 is 0 Å². The highest BCUT2D eigenvalue weighted by Gasteiger charge is 2.10. The van der Waals surface area contributed by atoms with Gasteiger partial charge in [0.25, 0.3) is 5.91 Å². The summed E-state index contributed by atoms with van der Waals surface area (Å²) < 4.78 is 1.70. The van der Waals surface area contributed by atoms with Gasteiger partial charge in [-0.25, -0.2) is 9.97 Å². The molecule has 0 aromatic carbocycles. The van der Waals surface area contributed by atoms with Crippen LogP contribution >= 0.6 is 0 Å².